The van der Waals surface area contributed by atoms with Crippen LogP contribution < -0.4 is 0 Å². The Morgan fingerprint density at radius 2 is 0.608 bits per heavy atom. The Balaban J connectivity index is 5.21. The van der Waals surface area contributed by atoms with Gasteiger partial charge in [0.25, 0.3) is 0 Å². The predicted octanol–water partition coefficient (Wildman–Crippen LogP) is 22.5. The van der Waals surface area contributed by atoms with Crippen molar-refractivity contribution in [1.82, 2.24) is 0 Å². The van der Waals surface area contributed by atoms with Crippen molar-refractivity contribution in [2.75, 3.05) is 39.6 Å². The lowest BCUT2D eigenvalue weighted by Gasteiger charge is -2.21. The number of carbonyl (C=O) groups is 4. The SMILES string of the molecule is CCCCCC/C=C\C=C/CCCCCCCC(=O)O[C@H](COC(=O)CCCCCCCCCCCCCCCCCCCCC(C)CC)COP(=O)(O)OC[C@@H](O)COP(=O)(O)OC[C@@H](COC(=O)CCCCCCCCC(C)CC)OC(=O)CCCCCCCCCC(C)C. The summed E-state index contributed by atoms with van der Waals surface area (Å²) in [6.07, 6.45) is 58.0. The van der Waals surface area contributed by atoms with Crippen LogP contribution in [0.15, 0.2) is 24.3 Å². The highest BCUT2D eigenvalue weighted by Gasteiger charge is 2.30. The van der Waals surface area contributed by atoms with Gasteiger partial charge in [-0.3, -0.25) is 37.3 Å². The van der Waals surface area contributed by atoms with E-state index in [0.717, 1.165) is 121 Å². The predicted molar refractivity (Wildman–Crippen MR) is 395 cm³/mol. The summed E-state index contributed by atoms with van der Waals surface area (Å²) >= 11 is 0. The van der Waals surface area contributed by atoms with Gasteiger partial charge in [-0.05, 0) is 69.1 Å². The summed E-state index contributed by atoms with van der Waals surface area (Å²) < 4.78 is 68.4. The molecule has 0 aliphatic rings. The molecular weight excluding hydrogens is 1270 g/mol. The topological polar surface area (TPSA) is 237 Å². The summed E-state index contributed by atoms with van der Waals surface area (Å²) in [4.78, 5) is 72.8. The van der Waals surface area contributed by atoms with Gasteiger partial charge >= 0.3 is 39.5 Å². The van der Waals surface area contributed by atoms with E-state index in [1.807, 2.05) is 0 Å². The number of hydrogen-bond acceptors (Lipinski definition) is 15. The fraction of sp³-hybridized carbons (Fsp3) is 0.897. The fourth-order valence-electron chi connectivity index (χ4n) is 11.4. The van der Waals surface area contributed by atoms with E-state index in [4.69, 9.17) is 37.0 Å². The van der Waals surface area contributed by atoms with Crippen LogP contribution in [0.2, 0.25) is 0 Å². The van der Waals surface area contributed by atoms with Crippen molar-refractivity contribution >= 4 is 39.5 Å². The molecule has 0 aliphatic carbocycles. The number of aliphatic hydroxyl groups is 1. The van der Waals surface area contributed by atoms with Crippen molar-refractivity contribution in [3.05, 3.63) is 24.3 Å². The molecule has 572 valence electrons. The van der Waals surface area contributed by atoms with Crippen LogP contribution in [0, 0.1) is 17.8 Å². The molecule has 97 heavy (non-hydrogen) atoms. The molecule has 4 unspecified atom stereocenters. The molecule has 0 aromatic carbocycles. The number of aliphatic hydroxyl groups excluding tert-OH is 1. The zero-order chi connectivity index (χ0) is 71.6. The van der Waals surface area contributed by atoms with Gasteiger partial charge in [0, 0.05) is 25.7 Å². The van der Waals surface area contributed by atoms with Crippen LogP contribution in [0.4, 0.5) is 0 Å². The number of phosphoric acid groups is 2. The molecule has 0 aliphatic heterocycles. The third-order valence-corrected chi connectivity index (χ3v) is 20.1. The average Bonchev–Trinajstić information content (AvgIpc) is 1.45. The molecule has 0 radical (unpaired) electrons. The van der Waals surface area contributed by atoms with E-state index < -0.39 is 97.5 Å². The Hall–Kier alpha value is -2.46. The molecule has 0 saturated heterocycles. The molecular formula is C78H148O17P2. The van der Waals surface area contributed by atoms with E-state index in [0.29, 0.717) is 31.6 Å². The Morgan fingerprint density at radius 1 is 0.340 bits per heavy atom. The van der Waals surface area contributed by atoms with Gasteiger partial charge in [0.05, 0.1) is 26.4 Å². The lowest BCUT2D eigenvalue weighted by molar-refractivity contribution is -0.161. The van der Waals surface area contributed by atoms with E-state index in [2.05, 4.69) is 72.8 Å². The molecule has 0 spiro atoms. The lowest BCUT2D eigenvalue weighted by Crippen LogP contribution is -2.30. The first-order valence-corrected chi connectivity index (χ1v) is 42.7. The largest absolute Gasteiger partial charge is 0.472 e. The number of allylic oxidation sites excluding steroid dienone is 4. The maximum Gasteiger partial charge on any atom is 0.472 e. The monoisotopic (exact) mass is 1420 g/mol. The van der Waals surface area contributed by atoms with Crippen LogP contribution >= 0.6 is 15.6 Å². The second-order valence-electron chi connectivity index (χ2n) is 28.4. The van der Waals surface area contributed by atoms with Gasteiger partial charge in [-0.15, -0.1) is 0 Å². The number of hydrogen-bond donors (Lipinski definition) is 3. The van der Waals surface area contributed by atoms with Crippen molar-refractivity contribution in [3.8, 4) is 0 Å². The molecule has 3 N–H and O–H groups in total. The normalized spacial score (nSPS) is 14.8. The maximum absolute atomic E-state index is 13.1. The maximum atomic E-state index is 13.1. The Bertz CT molecular complexity index is 1990. The van der Waals surface area contributed by atoms with Gasteiger partial charge in [0.2, 0.25) is 0 Å². The molecule has 0 aromatic rings. The summed E-state index contributed by atoms with van der Waals surface area (Å²) in [6, 6.07) is 0. The average molecular weight is 1420 g/mol. The van der Waals surface area contributed by atoms with Crippen LogP contribution in [-0.2, 0) is 65.4 Å². The quantitative estimate of drug-likeness (QED) is 0.0169. The van der Waals surface area contributed by atoms with Gasteiger partial charge in [-0.2, -0.15) is 0 Å². The summed E-state index contributed by atoms with van der Waals surface area (Å²) in [6.45, 7) is 11.8. The number of ether oxygens (including phenoxy) is 4. The molecule has 0 heterocycles. The highest BCUT2D eigenvalue weighted by molar-refractivity contribution is 7.47. The molecule has 0 rings (SSSR count). The number of phosphoric ester groups is 2. The highest BCUT2D eigenvalue weighted by Crippen LogP contribution is 2.45. The zero-order valence-electron chi connectivity index (χ0n) is 63.0. The summed E-state index contributed by atoms with van der Waals surface area (Å²) in [5, 5.41) is 10.6. The van der Waals surface area contributed by atoms with Gasteiger partial charge in [-0.25, -0.2) is 9.13 Å². The molecule has 17 nitrogen and oxygen atoms in total. The Morgan fingerprint density at radius 3 is 0.918 bits per heavy atom. The van der Waals surface area contributed by atoms with Crippen LogP contribution in [0.3, 0.4) is 0 Å². The first-order valence-electron chi connectivity index (χ1n) is 39.7. The molecule has 0 saturated carbocycles. The van der Waals surface area contributed by atoms with E-state index in [1.165, 1.54) is 167 Å². The van der Waals surface area contributed by atoms with Crippen LogP contribution in [0.25, 0.3) is 0 Å². The third kappa shape index (κ3) is 69.1. The number of esters is 4. The summed E-state index contributed by atoms with van der Waals surface area (Å²) in [5.74, 6) is 0.144. The summed E-state index contributed by atoms with van der Waals surface area (Å²) in [5.41, 5.74) is 0. The smallest absolute Gasteiger partial charge is 0.462 e. The van der Waals surface area contributed by atoms with E-state index in [-0.39, 0.29) is 25.7 Å². The van der Waals surface area contributed by atoms with Crippen molar-refractivity contribution in [1.29, 1.82) is 0 Å². The van der Waals surface area contributed by atoms with Crippen molar-refractivity contribution in [2.24, 2.45) is 17.8 Å². The van der Waals surface area contributed by atoms with Gasteiger partial charge in [0.1, 0.15) is 19.3 Å². The van der Waals surface area contributed by atoms with Crippen molar-refractivity contribution < 1.29 is 80.2 Å². The molecule has 0 aromatic heterocycles. The third-order valence-electron chi connectivity index (χ3n) is 18.2. The van der Waals surface area contributed by atoms with Crippen molar-refractivity contribution in [3.63, 3.8) is 0 Å². The number of unbranched alkanes of at least 4 members (excludes halogenated alkanes) is 37. The fourth-order valence-corrected chi connectivity index (χ4v) is 12.9. The second kappa shape index (κ2) is 68.0. The molecule has 0 amide bonds. The zero-order valence-corrected chi connectivity index (χ0v) is 64.8. The first kappa shape index (κ1) is 94.5. The molecule has 7 atom stereocenters. The minimum absolute atomic E-state index is 0.0850. The second-order valence-corrected chi connectivity index (χ2v) is 31.3. The van der Waals surface area contributed by atoms with Gasteiger partial charge < -0.3 is 33.8 Å². The van der Waals surface area contributed by atoms with E-state index in [9.17, 15) is 43.2 Å². The van der Waals surface area contributed by atoms with Crippen molar-refractivity contribution in [2.45, 2.75) is 394 Å². The van der Waals surface area contributed by atoms with Crippen LogP contribution in [-0.4, -0.2) is 96.7 Å². The van der Waals surface area contributed by atoms with Gasteiger partial charge in [-0.1, -0.05) is 323 Å². The molecule has 0 fully saturated rings. The van der Waals surface area contributed by atoms with E-state index in [1.54, 1.807) is 0 Å². The van der Waals surface area contributed by atoms with Gasteiger partial charge in [0.15, 0.2) is 12.2 Å². The summed E-state index contributed by atoms with van der Waals surface area (Å²) in [7, 11) is -9.92. The van der Waals surface area contributed by atoms with E-state index >= 15 is 0 Å². The Labute approximate surface area is 592 Å². The highest BCUT2D eigenvalue weighted by atomic mass is 31.2. The Kier molecular flexibility index (Phi) is 66.3. The standard InChI is InChI=1S/C78H148O17P2/c1-8-11-12-13-14-15-16-17-22-27-30-33-38-47-54-61-77(82)94-73(65-88-75(80)59-52-45-37-32-29-26-24-21-19-18-20-23-25-28-31-36-43-50-57-70(6)9-2)67-92-96(84,85)90-63-72(79)64-91-97(86,87)93-68-74(95-78(83)62-55-48-39-34-35-42-49-56-69(4)5)66-89-76(81)60-53-46-41-40-44-51-58-71(7)10-3/h15-17,22,69-74,79H,8-14,18-21,23-68H2,1-7H3,(H,84,85)(H,86,87)/b16-15-,22-17-/t70?,71?,72-,73-,74-/m1/s1. The lowest BCUT2D eigenvalue weighted by atomic mass is 9.99. The minimum atomic E-state index is -4.97. The molecule has 0 bridgehead atoms. The number of rotatable bonds is 74. The first-order chi connectivity index (χ1) is 46.8. The molecule has 19 heteroatoms. The van der Waals surface area contributed by atoms with Crippen LogP contribution in [0.5, 0.6) is 0 Å². The minimum Gasteiger partial charge on any atom is -0.462 e. The van der Waals surface area contributed by atoms with Crippen LogP contribution in [0.1, 0.15) is 376 Å². The number of carbonyl (C=O) groups excluding carboxylic acids is 4.